The van der Waals surface area contributed by atoms with E-state index in [4.69, 9.17) is 4.42 Å². The van der Waals surface area contributed by atoms with Crippen LogP contribution in [-0.2, 0) is 0 Å². The number of aryl methyl sites for hydroxylation is 1. The summed E-state index contributed by atoms with van der Waals surface area (Å²) in [5.74, 6) is 0.624. The van der Waals surface area contributed by atoms with Crippen molar-refractivity contribution in [3.63, 3.8) is 0 Å². The third-order valence-corrected chi connectivity index (χ3v) is 3.41. The summed E-state index contributed by atoms with van der Waals surface area (Å²) in [6, 6.07) is 5.99. The van der Waals surface area contributed by atoms with Crippen LogP contribution in [0.1, 0.15) is 38.2 Å². The highest BCUT2D eigenvalue weighted by Crippen LogP contribution is 2.37. The van der Waals surface area contributed by atoms with Gasteiger partial charge in [0.25, 0.3) is 0 Å². The Morgan fingerprint density at radius 2 is 1.88 bits per heavy atom. The van der Waals surface area contributed by atoms with E-state index < -0.39 is 6.10 Å². The molecule has 1 N–H and O–H groups in total. The van der Waals surface area contributed by atoms with Crippen LogP contribution < -0.4 is 0 Å². The molecular formula is C14H17BrO2. The number of halogens is 1. The van der Waals surface area contributed by atoms with Crippen LogP contribution in [0.3, 0.4) is 0 Å². The lowest BCUT2D eigenvalue weighted by atomic mass is 9.88. The minimum Gasteiger partial charge on any atom is -0.457 e. The highest BCUT2D eigenvalue weighted by molar-refractivity contribution is 9.10. The molecule has 92 valence electrons. The van der Waals surface area contributed by atoms with Gasteiger partial charge in [-0.3, -0.25) is 0 Å². The lowest BCUT2D eigenvalue weighted by Gasteiger charge is -2.23. The second-order valence-electron chi connectivity index (χ2n) is 5.58. The Hall–Kier alpha value is -0.800. The van der Waals surface area contributed by atoms with Gasteiger partial charge in [0, 0.05) is 5.39 Å². The number of fused-ring (bicyclic) bond motifs is 1. The van der Waals surface area contributed by atoms with Crippen LogP contribution in [-0.4, -0.2) is 5.11 Å². The molecule has 1 unspecified atom stereocenters. The largest absolute Gasteiger partial charge is 0.457 e. The first-order valence-corrected chi connectivity index (χ1v) is 6.46. The highest BCUT2D eigenvalue weighted by Gasteiger charge is 2.27. The van der Waals surface area contributed by atoms with E-state index in [1.54, 1.807) is 0 Å². The van der Waals surface area contributed by atoms with Gasteiger partial charge in [-0.15, -0.1) is 0 Å². The smallest absolute Gasteiger partial charge is 0.148 e. The molecule has 0 bridgehead atoms. The molecule has 1 atom stereocenters. The van der Waals surface area contributed by atoms with Gasteiger partial charge in [0.2, 0.25) is 0 Å². The number of hydrogen-bond acceptors (Lipinski definition) is 2. The summed E-state index contributed by atoms with van der Waals surface area (Å²) in [7, 11) is 0. The molecule has 0 saturated carbocycles. The molecule has 2 aromatic rings. The zero-order chi connectivity index (χ0) is 12.8. The summed E-state index contributed by atoms with van der Waals surface area (Å²) in [5.41, 5.74) is 1.74. The number of furan rings is 1. The zero-order valence-electron chi connectivity index (χ0n) is 10.5. The topological polar surface area (TPSA) is 33.4 Å². The van der Waals surface area contributed by atoms with E-state index in [1.807, 2.05) is 39.8 Å². The molecule has 0 aliphatic carbocycles. The Morgan fingerprint density at radius 1 is 1.24 bits per heavy atom. The lowest BCUT2D eigenvalue weighted by Crippen LogP contribution is -2.16. The quantitative estimate of drug-likeness (QED) is 0.835. The molecule has 2 rings (SSSR count). The fraction of sp³-hybridized carbons (Fsp3) is 0.429. The van der Waals surface area contributed by atoms with Crippen molar-refractivity contribution >= 4 is 26.9 Å². The van der Waals surface area contributed by atoms with Crippen LogP contribution in [0, 0.1) is 12.3 Å². The third kappa shape index (κ3) is 2.40. The van der Waals surface area contributed by atoms with Crippen molar-refractivity contribution in [2.45, 2.75) is 33.8 Å². The van der Waals surface area contributed by atoms with Crippen molar-refractivity contribution in [1.29, 1.82) is 0 Å². The van der Waals surface area contributed by atoms with Gasteiger partial charge in [0.05, 0.1) is 4.47 Å². The molecule has 0 spiro atoms. The van der Waals surface area contributed by atoms with Crippen LogP contribution >= 0.6 is 15.9 Å². The second-order valence-corrected chi connectivity index (χ2v) is 6.44. The first kappa shape index (κ1) is 12.7. The van der Waals surface area contributed by atoms with Gasteiger partial charge in [0.1, 0.15) is 17.4 Å². The maximum absolute atomic E-state index is 10.2. The molecule has 3 heteroatoms. The first-order valence-electron chi connectivity index (χ1n) is 5.66. The SMILES string of the molecule is Cc1cc(Br)c2oc(C(O)C(C)(C)C)cc2c1. The Balaban J connectivity index is 2.56. The molecule has 0 radical (unpaired) electrons. The molecule has 0 amide bonds. The van der Waals surface area contributed by atoms with E-state index >= 15 is 0 Å². The van der Waals surface area contributed by atoms with E-state index in [-0.39, 0.29) is 5.41 Å². The van der Waals surface area contributed by atoms with Crippen LogP contribution in [0.4, 0.5) is 0 Å². The number of hydrogen-bond donors (Lipinski definition) is 1. The van der Waals surface area contributed by atoms with E-state index in [0.717, 1.165) is 15.4 Å². The summed E-state index contributed by atoms with van der Waals surface area (Å²) < 4.78 is 6.68. The predicted molar refractivity (Wildman–Crippen MR) is 73.1 cm³/mol. The van der Waals surface area contributed by atoms with Gasteiger partial charge in [-0.1, -0.05) is 20.8 Å². The fourth-order valence-corrected chi connectivity index (χ4v) is 2.50. The van der Waals surface area contributed by atoms with Gasteiger partial charge >= 0.3 is 0 Å². The standard InChI is InChI=1S/C14H17BrO2/c1-8-5-9-7-11(13(16)14(2,3)4)17-12(9)10(15)6-8/h5-7,13,16H,1-4H3. The number of aliphatic hydroxyl groups is 1. The number of rotatable bonds is 1. The number of aliphatic hydroxyl groups excluding tert-OH is 1. The Bertz CT molecular complexity index is 549. The third-order valence-electron chi connectivity index (χ3n) is 2.82. The van der Waals surface area contributed by atoms with Gasteiger partial charge in [-0.05, 0) is 52.0 Å². The minimum atomic E-state index is -0.595. The summed E-state index contributed by atoms with van der Waals surface area (Å²) >= 11 is 3.49. The zero-order valence-corrected chi connectivity index (χ0v) is 12.1. The Labute approximate surface area is 110 Å². The maximum Gasteiger partial charge on any atom is 0.148 e. The Morgan fingerprint density at radius 3 is 2.47 bits per heavy atom. The van der Waals surface area contributed by atoms with Crippen LogP contribution in [0.5, 0.6) is 0 Å². The summed E-state index contributed by atoms with van der Waals surface area (Å²) in [5, 5.41) is 11.2. The Kier molecular flexibility index (Phi) is 3.08. The average molecular weight is 297 g/mol. The molecule has 0 saturated heterocycles. The van der Waals surface area contributed by atoms with Crippen molar-refractivity contribution in [3.8, 4) is 0 Å². The van der Waals surface area contributed by atoms with Crippen LogP contribution in [0.15, 0.2) is 27.1 Å². The molecule has 0 aliphatic rings. The van der Waals surface area contributed by atoms with E-state index in [0.29, 0.717) is 5.76 Å². The van der Waals surface area contributed by atoms with Crippen molar-refractivity contribution in [3.05, 3.63) is 34.0 Å². The van der Waals surface area contributed by atoms with Crippen molar-refractivity contribution < 1.29 is 9.52 Å². The molecule has 0 fully saturated rings. The van der Waals surface area contributed by atoms with Crippen LogP contribution in [0.25, 0.3) is 11.0 Å². The predicted octanol–water partition coefficient (Wildman–Crippen LogP) is 4.58. The van der Waals surface area contributed by atoms with Crippen molar-refractivity contribution in [2.24, 2.45) is 5.41 Å². The van der Waals surface area contributed by atoms with E-state index in [1.165, 1.54) is 5.56 Å². The molecule has 2 nitrogen and oxygen atoms in total. The number of benzene rings is 1. The molecule has 1 aromatic heterocycles. The van der Waals surface area contributed by atoms with Gasteiger partial charge < -0.3 is 9.52 Å². The molecule has 17 heavy (non-hydrogen) atoms. The van der Waals surface area contributed by atoms with Crippen molar-refractivity contribution in [1.82, 2.24) is 0 Å². The van der Waals surface area contributed by atoms with Gasteiger partial charge in [-0.2, -0.15) is 0 Å². The van der Waals surface area contributed by atoms with E-state index in [2.05, 4.69) is 22.0 Å². The molecule has 1 aromatic carbocycles. The average Bonchev–Trinajstić information content (AvgIpc) is 2.58. The molecule has 0 aliphatic heterocycles. The molecular weight excluding hydrogens is 280 g/mol. The minimum absolute atomic E-state index is 0.227. The highest BCUT2D eigenvalue weighted by atomic mass is 79.9. The first-order chi connectivity index (χ1) is 7.79. The molecule has 1 heterocycles. The lowest BCUT2D eigenvalue weighted by molar-refractivity contribution is 0.0448. The summed E-state index contributed by atoms with van der Waals surface area (Å²) in [4.78, 5) is 0. The summed E-state index contributed by atoms with van der Waals surface area (Å²) in [6.07, 6.45) is -0.595. The second kappa shape index (κ2) is 4.14. The van der Waals surface area contributed by atoms with Crippen molar-refractivity contribution in [2.75, 3.05) is 0 Å². The normalized spacial score (nSPS) is 14.2. The van der Waals surface area contributed by atoms with E-state index in [9.17, 15) is 5.11 Å². The monoisotopic (exact) mass is 296 g/mol. The van der Waals surface area contributed by atoms with Crippen LogP contribution in [0.2, 0.25) is 0 Å². The van der Waals surface area contributed by atoms with Gasteiger partial charge in [-0.25, -0.2) is 0 Å². The summed E-state index contributed by atoms with van der Waals surface area (Å²) in [6.45, 7) is 8.01. The fourth-order valence-electron chi connectivity index (χ4n) is 1.83. The van der Waals surface area contributed by atoms with Gasteiger partial charge in [0.15, 0.2) is 0 Å². The maximum atomic E-state index is 10.2.